The van der Waals surface area contributed by atoms with Gasteiger partial charge in [-0.1, -0.05) is 36.4 Å². The van der Waals surface area contributed by atoms with Gasteiger partial charge in [0.1, 0.15) is 17.4 Å². The van der Waals surface area contributed by atoms with E-state index in [2.05, 4.69) is 10.1 Å². The number of hydrogen-bond acceptors (Lipinski definition) is 3. The third kappa shape index (κ3) is 7.54. The van der Waals surface area contributed by atoms with Crippen LogP contribution in [0.25, 0.3) is 0 Å². The Kier molecular flexibility index (Phi) is 9.88. The number of alkyl halides is 7. The molecule has 0 bridgehead atoms. The predicted octanol–water partition coefficient (Wildman–Crippen LogP) is 8.67. The number of benzene rings is 4. The molecule has 1 amide bonds. The summed E-state index contributed by atoms with van der Waals surface area (Å²) >= 11 is 0. The first kappa shape index (κ1) is 34.1. The highest BCUT2D eigenvalue weighted by atomic mass is 19.4. The molecule has 0 saturated heterocycles. The molecule has 0 aromatic heterocycles. The Balaban J connectivity index is 2.01. The lowest BCUT2D eigenvalue weighted by Crippen LogP contribution is -2.49. The Labute approximate surface area is 255 Å². The molecule has 14 heteroatoms. The fourth-order valence-corrected chi connectivity index (χ4v) is 4.72. The van der Waals surface area contributed by atoms with Crippen LogP contribution in [0.2, 0.25) is 0 Å². The Hall–Kier alpha value is -4.75. The number of ether oxygens (including phenoxy) is 2. The number of amides is 1. The molecular weight excluding hydrogens is 636 g/mol. The molecule has 0 aliphatic rings. The van der Waals surface area contributed by atoms with Crippen LogP contribution in [0.3, 0.4) is 0 Å². The summed E-state index contributed by atoms with van der Waals surface area (Å²) in [7, 11) is 0. The van der Waals surface area contributed by atoms with Gasteiger partial charge >= 0.3 is 18.7 Å². The summed E-state index contributed by atoms with van der Waals surface area (Å²) in [5.41, 5.74) is -4.78. The van der Waals surface area contributed by atoms with Gasteiger partial charge in [-0.15, -0.1) is 0 Å². The van der Waals surface area contributed by atoms with E-state index < -0.39 is 76.5 Å². The van der Waals surface area contributed by atoms with Gasteiger partial charge in [0, 0.05) is 18.1 Å². The summed E-state index contributed by atoms with van der Waals surface area (Å²) in [6.07, 6.45) is -15.0. The van der Waals surface area contributed by atoms with Crippen LogP contribution in [0.15, 0.2) is 84.9 Å². The summed E-state index contributed by atoms with van der Waals surface area (Å²) in [5.74, 6) is -6.60. The van der Waals surface area contributed by atoms with Crippen LogP contribution in [-0.2, 0) is 18.1 Å². The molecule has 0 saturated carbocycles. The van der Waals surface area contributed by atoms with E-state index in [1.54, 1.807) is 18.2 Å². The average molecular weight is 660 g/mol. The van der Waals surface area contributed by atoms with Crippen LogP contribution < -0.4 is 14.8 Å². The third-order valence-electron chi connectivity index (χ3n) is 6.77. The van der Waals surface area contributed by atoms with Crippen molar-refractivity contribution in [3.63, 3.8) is 0 Å². The van der Waals surface area contributed by atoms with Crippen LogP contribution in [-0.4, -0.2) is 25.0 Å². The van der Waals surface area contributed by atoms with E-state index >= 15 is 4.39 Å². The van der Waals surface area contributed by atoms with Crippen LogP contribution in [0.1, 0.15) is 39.5 Å². The maximum atomic E-state index is 15.1. The first-order chi connectivity index (χ1) is 21.6. The molecule has 1 N–H and O–H groups in total. The maximum absolute atomic E-state index is 15.1. The first-order valence-corrected chi connectivity index (χ1v) is 13.4. The van der Waals surface area contributed by atoms with Gasteiger partial charge in [0.2, 0.25) is 0 Å². The highest BCUT2D eigenvalue weighted by Gasteiger charge is 2.45. The van der Waals surface area contributed by atoms with Crippen molar-refractivity contribution in [1.82, 2.24) is 5.32 Å². The van der Waals surface area contributed by atoms with Crippen LogP contribution in [0.5, 0.6) is 11.5 Å². The molecule has 4 aromatic rings. The zero-order valence-corrected chi connectivity index (χ0v) is 23.6. The zero-order valence-electron chi connectivity index (χ0n) is 23.6. The highest BCUT2D eigenvalue weighted by molar-refractivity contribution is 5.95. The molecule has 0 radical (unpaired) electrons. The van der Waals surface area contributed by atoms with Crippen molar-refractivity contribution >= 4 is 5.91 Å². The molecule has 1 unspecified atom stereocenters. The lowest BCUT2D eigenvalue weighted by molar-refractivity contribution is -0.253. The topological polar surface area (TPSA) is 47.6 Å². The van der Waals surface area contributed by atoms with Gasteiger partial charge in [-0.3, -0.25) is 4.79 Å². The molecule has 4 rings (SSSR count). The number of halogens is 10. The van der Waals surface area contributed by atoms with Crippen molar-refractivity contribution in [2.24, 2.45) is 0 Å². The van der Waals surface area contributed by atoms with Crippen molar-refractivity contribution in [3.8, 4) is 11.5 Å². The maximum Gasteiger partial charge on any atom is 0.461 e. The largest absolute Gasteiger partial charge is 0.491 e. The predicted molar refractivity (Wildman–Crippen MR) is 145 cm³/mol. The number of rotatable bonds is 11. The Morgan fingerprint density at radius 1 is 0.804 bits per heavy atom. The smallest absolute Gasteiger partial charge is 0.461 e. The van der Waals surface area contributed by atoms with E-state index in [4.69, 9.17) is 4.74 Å². The van der Waals surface area contributed by atoms with E-state index in [1.807, 2.05) is 0 Å². The lowest BCUT2D eigenvalue weighted by Gasteiger charge is -2.37. The second-order valence-electron chi connectivity index (χ2n) is 9.93. The molecule has 244 valence electrons. The molecule has 4 aromatic carbocycles. The number of hydrogen-bond donors (Lipinski definition) is 1. The molecule has 0 fully saturated rings. The van der Waals surface area contributed by atoms with Gasteiger partial charge < -0.3 is 14.8 Å². The molecule has 1 atom stereocenters. The molecule has 0 spiro atoms. The SMILES string of the molecule is CCOc1cc(C(Cc2ccccc2)(NC(=O)c2ccc(F)c(C(F)(F)F)c2)c2cc(F)cc(OC(F)(F)C(F)F)c2)ccc1F. The molecular formula is C32H23F10NO3. The average Bonchev–Trinajstić information content (AvgIpc) is 2.97. The summed E-state index contributed by atoms with van der Waals surface area (Å²) in [5, 5.41) is 2.49. The quantitative estimate of drug-likeness (QED) is 0.164. The molecule has 0 aliphatic heterocycles. The fraction of sp³-hybridized carbons (Fsp3) is 0.219. The Morgan fingerprint density at radius 3 is 2.11 bits per heavy atom. The van der Waals surface area contributed by atoms with Crippen molar-refractivity contribution in [3.05, 3.63) is 130 Å². The summed E-state index contributed by atoms with van der Waals surface area (Å²) in [4.78, 5) is 13.7. The standard InChI is InChI=1S/C32H23F10NO3/c1-2-45-27-15-20(9-11-26(27)35)30(17-18-6-4-3-5-7-18,21-13-22(33)16-23(14-21)46-32(41,42)29(36)37)43-28(44)19-8-10-25(34)24(12-19)31(38,39)40/h3-16,29H,2,17H2,1H3,(H,43,44). The Bertz CT molecular complexity index is 1700. The summed E-state index contributed by atoms with van der Waals surface area (Å²) < 4.78 is 147. The van der Waals surface area contributed by atoms with Gasteiger partial charge in [0.05, 0.1) is 17.7 Å². The minimum Gasteiger partial charge on any atom is -0.491 e. The zero-order chi connectivity index (χ0) is 33.9. The van der Waals surface area contributed by atoms with E-state index in [0.717, 1.165) is 36.4 Å². The van der Waals surface area contributed by atoms with Crippen LogP contribution in [0.4, 0.5) is 43.9 Å². The minimum absolute atomic E-state index is 0.0467. The van der Waals surface area contributed by atoms with Crippen molar-refractivity contribution < 1.29 is 58.2 Å². The third-order valence-corrected chi connectivity index (χ3v) is 6.77. The molecule has 46 heavy (non-hydrogen) atoms. The second-order valence-corrected chi connectivity index (χ2v) is 9.93. The van der Waals surface area contributed by atoms with Crippen molar-refractivity contribution in [2.45, 2.75) is 37.6 Å². The van der Waals surface area contributed by atoms with Crippen molar-refractivity contribution in [1.29, 1.82) is 0 Å². The second kappa shape index (κ2) is 13.3. The minimum atomic E-state index is -5.20. The van der Waals surface area contributed by atoms with Crippen LogP contribution >= 0.6 is 0 Å². The number of nitrogens with one attached hydrogen (secondary N) is 1. The van der Waals surface area contributed by atoms with E-state index in [0.29, 0.717) is 17.7 Å². The molecule has 4 nitrogen and oxygen atoms in total. The van der Waals surface area contributed by atoms with Gasteiger partial charge in [0.25, 0.3) is 5.91 Å². The fourth-order valence-electron chi connectivity index (χ4n) is 4.72. The van der Waals surface area contributed by atoms with Gasteiger partial charge in [-0.05, 0) is 66.1 Å². The summed E-state index contributed by atoms with van der Waals surface area (Å²) in [6.45, 7) is 1.48. The normalized spacial score (nSPS) is 13.3. The van der Waals surface area contributed by atoms with E-state index in [1.165, 1.54) is 19.1 Å². The lowest BCUT2D eigenvalue weighted by atomic mass is 9.77. The van der Waals surface area contributed by atoms with Crippen molar-refractivity contribution in [2.75, 3.05) is 6.61 Å². The Morgan fingerprint density at radius 2 is 1.48 bits per heavy atom. The van der Waals surface area contributed by atoms with E-state index in [9.17, 15) is 44.3 Å². The summed E-state index contributed by atoms with van der Waals surface area (Å²) in [6, 6.07) is 14.2. The number of carbonyl (C=O) groups excluding carboxylic acids is 1. The van der Waals surface area contributed by atoms with Gasteiger partial charge in [-0.2, -0.15) is 30.7 Å². The van der Waals surface area contributed by atoms with Gasteiger partial charge in [0.15, 0.2) is 11.6 Å². The first-order valence-electron chi connectivity index (χ1n) is 13.4. The monoisotopic (exact) mass is 659 g/mol. The van der Waals surface area contributed by atoms with Gasteiger partial charge in [-0.25, -0.2) is 13.2 Å². The highest BCUT2D eigenvalue weighted by Crippen LogP contribution is 2.40. The van der Waals surface area contributed by atoms with Crippen LogP contribution in [0, 0.1) is 17.5 Å². The molecule has 0 aliphatic carbocycles. The molecule has 0 heterocycles. The van der Waals surface area contributed by atoms with E-state index in [-0.39, 0.29) is 24.0 Å². The number of carbonyl (C=O) groups is 1.